The summed E-state index contributed by atoms with van der Waals surface area (Å²) in [6, 6.07) is 2.47. The number of pyridine rings is 1. The van der Waals surface area contributed by atoms with E-state index in [2.05, 4.69) is 20.9 Å². The van der Waals surface area contributed by atoms with Crippen molar-refractivity contribution in [1.82, 2.24) is 15.6 Å². The first-order valence-corrected chi connectivity index (χ1v) is 7.11. The van der Waals surface area contributed by atoms with Gasteiger partial charge < -0.3 is 20.9 Å². The molecule has 0 spiro atoms. The van der Waals surface area contributed by atoms with Crippen molar-refractivity contribution in [1.29, 1.82) is 0 Å². The number of carbonyl (C=O) groups excluding carboxylic acids is 2. The van der Waals surface area contributed by atoms with Crippen molar-refractivity contribution in [2.75, 3.05) is 24.3 Å². The number of amides is 3. The minimum absolute atomic E-state index is 0.233. The largest absolute Gasteiger partial charge is 0.363 e. The molecule has 0 saturated carbocycles. The van der Waals surface area contributed by atoms with Gasteiger partial charge in [0.05, 0.1) is 11.9 Å². The molecule has 1 heterocycles. The summed E-state index contributed by atoms with van der Waals surface area (Å²) in [6.45, 7) is 7.29. The number of urea groups is 1. The van der Waals surface area contributed by atoms with Gasteiger partial charge in [0.1, 0.15) is 11.9 Å². The molecule has 0 saturated heterocycles. The molecule has 1 unspecified atom stereocenters. The molecule has 3 amide bonds. The van der Waals surface area contributed by atoms with Crippen LogP contribution in [0.1, 0.15) is 27.7 Å². The topological polar surface area (TPSA) is 86.4 Å². The van der Waals surface area contributed by atoms with Crippen molar-refractivity contribution in [2.24, 2.45) is 0 Å². The van der Waals surface area contributed by atoms with Gasteiger partial charge in [-0.15, -0.1) is 0 Å². The summed E-state index contributed by atoms with van der Waals surface area (Å²) in [7, 11) is 3.77. The molecule has 0 bridgehead atoms. The fourth-order valence-electron chi connectivity index (χ4n) is 1.63. The number of anilines is 2. The van der Waals surface area contributed by atoms with Gasteiger partial charge in [0, 0.05) is 19.6 Å². The van der Waals surface area contributed by atoms with Gasteiger partial charge in [-0.3, -0.25) is 4.79 Å². The van der Waals surface area contributed by atoms with Crippen molar-refractivity contribution in [3.63, 3.8) is 0 Å². The first kappa shape index (κ1) is 17.7. The molecule has 0 aromatic carbocycles. The summed E-state index contributed by atoms with van der Waals surface area (Å²) in [4.78, 5) is 29.8. The maximum atomic E-state index is 11.9. The maximum Gasteiger partial charge on any atom is 0.319 e. The van der Waals surface area contributed by atoms with Crippen LogP contribution in [0.2, 0.25) is 0 Å². The Labute approximate surface area is 131 Å². The zero-order valence-electron chi connectivity index (χ0n) is 14.0. The summed E-state index contributed by atoms with van der Waals surface area (Å²) in [5.41, 5.74) is 0.224. The highest BCUT2D eigenvalue weighted by Crippen LogP contribution is 2.11. The molecule has 7 nitrogen and oxygen atoms in total. The molecule has 0 aliphatic heterocycles. The van der Waals surface area contributed by atoms with Gasteiger partial charge in [0.2, 0.25) is 5.91 Å². The standard InChI is InChI=1S/C15H25N5O2/c1-10(13(21)19-15(2,3)4)17-14(22)18-11-7-8-12(16-9-11)20(5)6/h7-10H,1-6H3,(H,19,21)(H2,17,18,22). The Hall–Kier alpha value is -2.31. The first-order valence-electron chi connectivity index (χ1n) is 7.11. The molecule has 0 radical (unpaired) electrons. The lowest BCUT2D eigenvalue weighted by atomic mass is 10.1. The van der Waals surface area contributed by atoms with E-state index in [1.807, 2.05) is 39.8 Å². The Morgan fingerprint density at radius 2 is 1.86 bits per heavy atom. The summed E-state index contributed by atoms with van der Waals surface area (Å²) >= 11 is 0. The van der Waals surface area contributed by atoms with Crippen molar-refractivity contribution in [3.05, 3.63) is 18.3 Å². The Balaban J connectivity index is 2.53. The van der Waals surface area contributed by atoms with Crippen LogP contribution in [0.5, 0.6) is 0 Å². The fraction of sp³-hybridized carbons (Fsp3) is 0.533. The summed E-state index contributed by atoms with van der Waals surface area (Å²) in [6.07, 6.45) is 1.56. The van der Waals surface area contributed by atoms with Crippen molar-refractivity contribution in [3.8, 4) is 0 Å². The summed E-state index contributed by atoms with van der Waals surface area (Å²) in [5, 5.41) is 8.04. The van der Waals surface area contributed by atoms with Crippen LogP contribution in [0.3, 0.4) is 0 Å². The predicted molar refractivity (Wildman–Crippen MR) is 88.1 cm³/mol. The second-order valence-electron chi connectivity index (χ2n) is 6.36. The van der Waals surface area contributed by atoms with Crippen LogP contribution in [0.25, 0.3) is 0 Å². The van der Waals surface area contributed by atoms with Crippen molar-refractivity contribution >= 4 is 23.4 Å². The van der Waals surface area contributed by atoms with Crippen molar-refractivity contribution < 1.29 is 9.59 Å². The monoisotopic (exact) mass is 307 g/mol. The molecule has 0 aliphatic carbocycles. The van der Waals surface area contributed by atoms with Crippen LogP contribution in [0.15, 0.2) is 18.3 Å². The van der Waals surface area contributed by atoms with Crippen LogP contribution < -0.4 is 20.9 Å². The molecule has 0 aliphatic rings. The van der Waals surface area contributed by atoms with Crippen LogP contribution in [-0.2, 0) is 4.79 Å². The lowest BCUT2D eigenvalue weighted by molar-refractivity contribution is -0.123. The highest BCUT2D eigenvalue weighted by Gasteiger charge is 2.20. The van der Waals surface area contributed by atoms with Gasteiger partial charge >= 0.3 is 6.03 Å². The molecule has 3 N–H and O–H groups in total. The summed E-state index contributed by atoms with van der Waals surface area (Å²) < 4.78 is 0. The van der Waals surface area contributed by atoms with E-state index in [4.69, 9.17) is 0 Å². The fourth-order valence-corrected chi connectivity index (χ4v) is 1.63. The van der Waals surface area contributed by atoms with Gasteiger partial charge in [0.25, 0.3) is 0 Å². The molecule has 22 heavy (non-hydrogen) atoms. The highest BCUT2D eigenvalue weighted by molar-refractivity contribution is 5.93. The van der Waals surface area contributed by atoms with Crippen LogP contribution in [-0.4, -0.2) is 42.6 Å². The number of carbonyl (C=O) groups is 2. The van der Waals surface area contributed by atoms with Gasteiger partial charge in [-0.05, 0) is 39.8 Å². The van der Waals surface area contributed by atoms with E-state index in [1.54, 1.807) is 25.3 Å². The van der Waals surface area contributed by atoms with E-state index in [0.717, 1.165) is 5.82 Å². The predicted octanol–water partition coefficient (Wildman–Crippen LogP) is 1.57. The van der Waals surface area contributed by atoms with E-state index >= 15 is 0 Å². The highest BCUT2D eigenvalue weighted by atomic mass is 16.2. The Morgan fingerprint density at radius 1 is 1.23 bits per heavy atom. The van der Waals surface area contributed by atoms with Gasteiger partial charge in [-0.25, -0.2) is 9.78 Å². The van der Waals surface area contributed by atoms with Crippen molar-refractivity contribution in [2.45, 2.75) is 39.3 Å². The van der Waals surface area contributed by atoms with E-state index in [-0.39, 0.29) is 11.4 Å². The first-order chi connectivity index (χ1) is 10.1. The second-order valence-corrected chi connectivity index (χ2v) is 6.36. The normalized spacial score (nSPS) is 12.3. The lowest BCUT2D eigenvalue weighted by Crippen LogP contribution is -2.51. The molecule has 122 valence electrons. The zero-order valence-corrected chi connectivity index (χ0v) is 14.0. The Kier molecular flexibility index (Phi) is 5.73. The van der Waals surface area contributed by atoms with Gasteiger partial charge in [0.15, 0.2) is 0 Å². The molecule has 1 rings (SSSR count). The average molecular weight is 307 g/mol. The minimum Gasteiger partial charge on any atom is -0.363 e. The molecular weight excluding hydrogens is 282 g/mol. The Bertz CT molecular complexity index is 520. The number of nitrogens with one attached hydrogen (secondary N) is 3. The lowest BCUT2D eigenvalue weighted by Gasteiger charge is -2.23. The molecule has 1 aromatic rings. The maximum absolute atomic E-state index is 11.9. The third-order valence-electron chi connectivity index (χ3n) is 2.70. The molecule has 1 atom stereocenters. The molecular formula is C15H25N5O2. The number of hydrogen-bond donors (Lipinski definition) is 3. The number of rotatable bonds is 4. The second kappa shape index (κ2) is 7.11. The number of hydrogen-bond acceptors (Lipinski definition) is 4. The van der Waals surface area contributed by atoms with Gasteiger partial charge in [-0.2, -0.15) is 0 Å². The molecule has 1 aromatic heterocycles. The third-order valence-corrected chi connectivity index (χ3v) is 2.70. The van der Waals surface area contributed by atoms with Crippen LogP contribution in [0, 0.1) is 0 Å². The Morgan fingerprint density at radius 3 is 2.32 bits per heavy atom. The van der Waals surface area contributed by atoms with Crippen LogP contribution >= 0.6 is 0 Å². The summed E-state index contributed by atoms with van der Waals surface area (Å²) in [5.74, 6) is 0.563. The average Bonchev–Trinajstić information content (AvgIpc) is 2.37. The van der Waals surface area contributed by atoms with Crippen LogP contribution in [0.4, 0.5) is 16.3 Å². The number of aromatic nitrogens is 1. The third kappa shape index (κ3) is 5.99. The zero-order chi connectivity index (χ0) is 16.9. The van der Waals surface area contributed by atoms with E-state index in [0.29, 0.717) is 5.69 Å². The smallest absolute Gasteiger partial charge is 0.319 e. The molecule has 0 fully saturated rings. The quantitative estimate of drug-likeness (QED) is 0.788. The van der Waals surface area contributed by atoms with Gasteiger partial charge in [-0.1, -0.05) is 0 Å². The SMILES string of the molecule is CC(NC(=O)Nc1ccc(N(C)C)nc1)C(=O)NC(C)(C)C. The number of nitrogens with zero attached hydrogens (tertiary/aromatic N) is 2. The van der Waals surface area contributed by atoms with E-state index in [9.17, 15) is 9.59 Å². The molecule has 7 heteroatoms. The van der Waals surface area contributed by atoms with E-state index < -0.39 is 12.1 Å². The van der Waals surface area contributed by atoms with E-state index in [1.165, 1.54) is 0 Å². The minimum atomic E-state index is -0.631.